The highest BCUT2D eigenvalue weighted by molar-refractivity contribution is 6.00. The van der Waals surface area contributed by atoms with Crippen LogP contribution >= 0.6 is 0 Å². The molecule has 96 valence electrons. The first-order valence-electron chi connectivity index (χ1n) is 5.95. The van der Waals surface area contributed by atoms with Gasteiger partial charge in [-0.1, -0.05) is 25.1 Å². The summed E-state index contributed by atoms with van der Waals surface area (Å²) >= 11 is 0. The lowest BCUT2D eigenvalue weighted by Crippen LogP contribution is -2.26. The molecule has 1 aromatic carbocycles. The van der Waals surface area contributed by atoms with Crippen molar-refractivity contribution in [3.8, 4) is 0 Å². The summed E-state index contributed by atoms with van der Waals surface area (Å²) in [5.41, 5.74) is 1.39. The fourth-order valence-corrected chi connectivity index (χ4v) is 1.88. The van der Waals surface area contributed by atoms with Crippen LogP contribution < -0.4 is 0 Å². The molecule has 0 saturated heterocycles. The summed E-state index contributed by atoms with van der Waals surface area (Å²) in [6.07, 6.45) is 0. The zero-order valence-electron chi connectivity index (χ0n) is 10.5. The number of fused-ring (bicyclic) bond motifs is 1. The topological polar surface area (TPSA) is 71.2 Å². The first-order chi connectivity index (χ1) is 8.67. The fourth-order valence-electron chi connectivity index (χ4n) is 1.88. The van der Waals surface area contributed by atoms with Crippen LogP contribution in [0.15, 0.2) is 18.2 Å². The van der Waals surface area contributed by atoms with E-state index < -0.39 is 5.97 Å². The number of benzene rings is 1. The summed E-state index contributed by atoms with van der Waals surface area (Å²) in [5, 5.41) is 17.1. The molecule has 1 aromatic heterocycles. The Morgan fingerprint density at radius 3 is 2.72 bits per heavy atom. The third-order valence-electron chi connectivity index (χ3n) is 3.00. The monoisotopic (exact) mass is 248 g/mol. The molecule has 0 fully saturated rings. The number of carbonyl (C=O) groups is 1. The van der Waals surface area contributed by atoms with Gasteiger partial charge in [-0.2, -0.15) is 0 Å². The summed E-state index contributed by atoms with van der Waals surface area (Å²) in [7, 11) is 0. The molecule has 18 heavy (non-hydrogen) atoms. The van der Waals surface area contributed by atoms with Crippen LogP contribution in [0.5, 0.6) is 0 Å². The Morgan fingerprint density at radius 2 is 2.11 bits per heavy atom. The Hall–Kier alpha value is -1.95. The molecule has 6 nitrogen and oxygen atoms in total. The van der Waals surface area contributed by atoms with E-state index in [1.807, 2.05) is 6.07 Å². The van der Waals surface area contributed by atoms with Crippen LogP contribution in [0.1, 0.15) is 24.2 Å². The molecule has 6 heteroatoms. The van der Waals surface area contributed by atoms with Crippen LogP contribution in [0, 0.1) is 0 Å². The van der Waals surface area contributed by atoms with Gasteiger partial charge in [0, 0.05) is 0 Å². The van der Waals surface area contributed by atoms with Gasteiger partial charge in [0.05, 0.1) is 17.7 Å². The van der Waals surface area contributed by atoms with Gasteiger partial charge in [-0.15, -0.1) is 5.10 Å². The van der Waals surface area contributed by atoms with Crippen LogP contribution in [-0.2, 0) is 6.67 Å². The quantitative estimate of drug-likeness (QED) is 0.866. The van der Waals surface area contributed by atoms with Crippen LogP contribution in [0.2, 0.25) is 0 Å². The van der Waals surface area contributed by atoms with Gasteiger partial charge in [-0.3, -0.25) is 4.90 Å². The molecule has 0 aliphatic heterocycles. The van der Waals surface area contributed by atoms with Crippen molar-refractivity contribution in [2.45, 2.75) is 20.5 Å². The van der Waals surface area contributed by atoms with Gasteiger partial charge in [-0.05, 0) is 25.2 Å². The average molecular weight is 248 g/mol. The highest BCUT2D eigenvalue weighted by Gasteiger charge is 2.14. The second-order valence-corrected chi connectivity index (χ2v) is 4.01. The smallest absolute Gasteiger partial charge is 0.338 e. The van der Waals surface area contributed by atoms with Crippen molar-refractivity contribution in [3.05, 3.63) is 23.8 Å². The van der Waals surface area contributed by atoms with E-state index in [4.69, 9.17) is 5.11 Å². The van der Waals surface area contributed by atoms with Gasteiger partial charge in [-0.25, -0.2) is 9.48 Å². The lowest BCUT2D eigenvalue weighted by molar-refractivity contribution is 0.0699. The van der Waals surface area contributed by atoms with Crippen LogP contribution in [-0.4, -0.2) is 44.1 Å². The minimum atomic E-state index is -0.976. The number of carboxylic acids is 1. The highest BCUT2D eigenvalue weighted by atomic mass is 16.4. The Labute approximate surface area is 105 Å². The zero-order valence-corrected chi connectivity index (χ0v) is 10.5. The van der Waals surface area contributed by atoms with Gasteiger partial charge in [0.2, 0.25) is 0 Å². The number of aromatic carboxylic acids is 1. The van der Waals surface area contributed by atoms with Gasteiger partial charge < -0.3 is 5.11 Å². The van der Waals surface area contributed by atoms with Crippen molar-refractivity contribution in [1.29, 1.82) is 0 Å². The maximum absolute atomic E-state index is 11.1. The molecule has 0 aliphatic carbocycles. The molecule has 2 aromatic rings. The maximum atomic E-state index is 11.1. The standard InChI is InChI=1S/C12H16N4O2/c1-3-15(4-2)8-16-10-7-5-6-9(12(17)18)11(10)13-14-16/h5-7H,3-4,8H2,1-2H3,(H,17,18). The van der Waals surface area contributed by atoms with E-state index in [1.54, 1.807) is 16.8 Å². The van der Waals surface area contributed by atoms with Crippen LogP contribution in [0.3, 0.4) is 0 Å². The number of carboxylic acid groups (broad SMARTS) is 1. The molecule has 1 N–H and O–H groups in total. The SMILES string of the molecule is CCN(CC)Cn1nnc2c(C(=O)O)cccc21. The molecule has 0 unspecified atom stereocenters. The molecular formula is C12H16N4O2. The van der Waals surface area contributed by atoms with Crippen molar-refractivity contribution in [3.63, 3.8) is 0 Å². The molecule has 0 amide bonds. The van der Waals surface area contributed by atoms with Crippen molar-refractivity contribution < 1.29 is 9.90 Å². The first kappa shape index (κ1) is 12.5. The van der Waals surface area contributed by atoms with Gasteiger partial charge >= 0.3 is 5.97 Å². The summed E-state index contributed by atoms with van der Waals surface area (Å²) in [6, 6.07) is 5.10. The average Bonchev–Trinajstić information content (AvgIpc) is 2.78. The first-order valence-corrected chi connectivity index (χ1v) is 5.95. The summed E-state index contributed by atoms with van der Waals surface area (Å²) in [6.45, 7) is 6.59. The minimum absolute atomic E-state index is 0.193. The van der Waals surface area contributed by atoms with Gasteiger partial charge in [0.25, 0.3) is 0 Å². The molecular weight excluding hydrogens is 232 g/mol. The second kappa shape index (κ2) is 5.14. The number of aromatic nitrogens is 3. The largest absolute Gasteiger partial charge is 0.478 e. The second-order valence-electron chi connectivity index (χ2n) is 4.01. The molecule has 2 rings (SSSR count). The van der Waals surface area contributed by atoms with Crippen molar-refractivity contribution in [2.24, 2.45) is 0 Å². The van der Waals surface area contributed by atoms with Gasteiger partial charge in [0.15, 0.2) is 0 Å². The molecule has 0 spiro atoms. The summed E-state index contributed by atoms with van der Waals surface area (Å²) in [5.74, 6) is -0.976. The van der Waals surface area contributed by atoms with Crippen LogP contribution in [0.4, 0.5) is 0 Å². The number of hydrogen-bond donors (Lipinski definition) is 1. The van der Waals surface area contributed by atoms with Crippen molar-refractivity contribution in [2.75, 3.05) is 13.1 Å². The zero-order chi connectivity index (χ0) is 13.1. The molecule has 0 atom stereocenters. The van der Waals surface area contributed by atoms with E-state index in [0.717, 1.165) is 18.6 Å². The normalized spacial score (nSPS) is 11.3. The van der Waals surface area contributed by atoms with E-state index in [0.29, 0.717) is 12.2 Å². The predicted octanol–water partition coefficient (Wildman–Crippen LogP) is 1.43. The third-order valence-corrected chi connectivity index (χ3v) is 3.00. The van der Waals surface area contributed by atoms with Crippen LogP contribution in [0.25, 0.3) is 11.0 Å². The lowest BCUT2D eigenvalue weighted by atomic mass is 10.2. The van der Waals surface area contributed by atoms with E-state index >= 15 is 0 Å². The molecule has 0 radical (unpaired) electrons. The van der Waals surface area contributed by atoms with E-state index in [2.05, 4.69) is 29.1 Å². The summed E-state index contributed by atoms with van der Waals surface area (Å²) < 4.78 is 1.73. The number of rotatable bonds is 5. The Kier molecular flexibility index (Phi) is 3.57. The van der Waals surface area contributed by atoms with Crippen molar-refractivity contribution in [1.82, 2.24) is 19.9 Å². The Balaban J connectivity index is 2.42. The lowest BCUT2D eigenvalue weighted by Gasteiger charge is -2.17. The number of hydrogen-bond acceptors (Lipinski definition) is 4. The molecule has 0 bridgehead atoms. The van der Waals surface area contributed by atoms with Gasteiger partial charge in [0.1, 0.15) is 5.52 Å². The summed E-state index contributed by atoms with van der Waals surface area (Å²) in [4.78, 5) is 13.3. The molecule has 0 aliphatic rings. The highest BCUT2D eigenvalue weighted by Crippen LogP contribution is 2.16. The Bertz CT molecular complexity index is 560. The fraction of sp³-hybridized carbons (Fsp3) is 0.417. The third kappa shape index (κ3) is 2.19. The Morgan fingerprint density at radius 1 is 1.39 bits per heavy atom. The molecule has 1 heterocycles. The van der Waals surface area contributed by atoms with E-state index in [-0.39, 0.29) is 5.56 Å². The van der Waals surface area contributed by atoms with E-state index in [9.17, 15) is 4.79 Å². The van der Waals surface area contributed by atoms with Crippen molar-refractivity contribution >= 4 is 17.0 Å². The maximum Gasteiger partial charge on any atom is 0.338 e. The van der Waals surface area contributed by atoms with E-state index in [1.165, 1.54) is 0 Å². The number of nitrogens with zero attached hydrogens (tertiary/aromatic N) is 4. The minimum Gasteiger partial charge on any atom is -0.478 e. The predicted molar refractivity (Wildman–Crippen MR) is 67.4 cm³/mol. The molecule has 0 saturated carbocycles.